The quantitative estimate of drug-likeness (QED) is 0.591. The van der Waals surface area contributed by atoms with Crippen LogP contribution in [0.4, 0.5) is 5.69 Å². The molecule has 1 fully saturated rings. The zero-order valence-corrected chi connectivity index (χ0v) is 9.54. The zero-order valence-electron chi connectivity index (χ0n) is 7.89. The van der Waals surface area contributed by atoms with Crippen molar-refractivity contribution in [2.75, 3.05) is 12.3 Å². The highest BCUT2D eigenvalue weighted by Crippen LogP contribution is 2.45. The van der Waals surface area contributed by atoms with Gasteiger partial charge in [0.1, 0.15) is 0 Å². The van der Waals surface area contributed by atoms with Crippen LogP contribution in [0.15, 0.2) is 18.2 Å². The van der Waals surface area contributed by atoms with E-state index in [2.05, 4.69) is 0 Å². The number of nitrogen functional groups attached to an aromatic ring is 1. The molecule has 0 saturated carbocycles. The van der Waals surface area contributed by atoms with Gasteiger partial charge < -0.3 is 19.7 Å². The van der Waals surface area contributed by atoms with E-state index in [0.29, 0.717) is 23.7 Å². The molecule has 15 heavy (non-hydrogen) atoms. The number of rotatable bonds is 1. The van der Waals surface area contributed by atoms with Gasteiger partial charge >= 0.3 is 8.60 Å². The maximum Gasteiger partial charge on any atom is 0.330 e. The fraction of sp³-hybridized carbons (Fsp3) is 0.333. The Bertz CT molecular complexity index is 343. The molecule has 0 aromatic heterocycles. The Hall–Kier alpha value is -0.380. The van der Waals surface area contributed by atoms with E-state index in [1.807, 2.05) is 0 Å². The van der Waals surface area contributed by atoms with Crippen LogP contribution in [0.1, 0.15) is 18.1 Å². The molecule has 0 amide bonds. The van der Waals surface area contributed by atoms with E-state index in [1.165, 1.54) is 0 Å². The maximum atomic E-state index is 9.24. The number of halogens is 1. The normalized spacial score (nSPS) is 26.5. The van der Waals surface area contributed by atoms with Crippen molar-refractivity contribution in [3.63, 3.8) is 0 Å². The van der Waals surface area contributed by atoms with Crippen molar-refractivity contribution in [2.24, 2.45) is 0 Å². The highest BCUT2D eigenvalue weighted by Gasteiger charge is 2.24. The molecule has 6 heteroatoms. The first-order chi connectivity index (χ1) is 7.15. The number of nitrogens with two attached hydrogens (primary N) is 1. The van der Waals surface area contributed by atoms with Gasteiger partial charge in [-0.25, -0.2) is 0 Å². The van der Waals surface area contributed by atoms with E-state index in [4.69, 9.17) is 26.4 Å². The maximum absolute atomic E-state index is 9.24. The van der Waals surface area contributed by atoms with Gasteiger partial charge in [-0.2, -0.15) is 0 Å². The molecule has 2 atom stereocenters. The molecule has 1 aromatic carbocycles. The van der Waals surface area contributed by atoms with Gasteiger partial charge in [-0.3, -0.25) is 0 Å². The molecular weight excluding hydrogens is 237 g/mol. The molecule has 1 heterocycles. The second kappa shape index (κ2) is 4.64. The Balaban J connectivity index is 2.20. The average Bonchev–Trinajstić information content (AvgIpc) is 2.16. The second-order valence-corrected chi connectivity index (χ2v) is 4.65. The van der Waals surface area contributed by atoms with Crippen LogP contribution in [0.3, 0.4) is 0 Å². The summed E-state index contributed by atoms with van der Waals surface area (Å²) in [5.74, 6) is 0. The summed E-state index contributed by atoms with van der Waals surface area (Å²) in [6.45, 7) is 0.485. The molecule has 82 valence electrons. The molecule has 4 nitrogen and oxygen atoms in total. The molecular formula is C9H11ClNO3P. The predicted molar refractivity (Wildman–Crippen MR) is 59.4 cm³/mol. The van der Waals surface area contributed by atoms with Crippen molar-refractivity contribution in [3.05, 3.63) is 28.8 Å². The molecule has 1 unspecified atom stereocenters. The van der Waals surface area contributed by atoms with E-state index in [0.717, 1.165) is 5.56 Å². The summed E-state index contributed by atoms with van der Waals surface area (Å²) in [4.78, 5) is 9.24. The van der Waals surface area contributed by atoms with Crippen LogP contribution in [-0.4, -0.2) is 11.5 Å². The van der Waals surface area contributed by atoms with Gasteiger partial charge in [-0.05, 0) is 23.8 Å². The molecule has 1 aliphatic rings. The summed E-state index contributed by atoms with van der Waals surface area (Å²) in [5, 5.41) is 0.572. The fourth-order valence-corrected chi connectivity index (χ4v) is 2.50. The molecule has 2 rings (SSSR count). The van der Waals surface area contributed by atoms with Crippen LogP contribution in [0, 0.1) is 0 Å². The van der Waals surface area contributed by atoms with Crippen molar-refractivity contribution in [2.45, 2.75) is 12.5 Å². The van der Waals surface area contributed by atoms with Crippen LogP contribution in [-0.2, 0) is 9.05 Å². The first-order valence-electron chi connectivity index (χ1n) is 4.50. The second-order valence-electron chi connectivity index (χ2n) is 3.27. The van der Waals surface area contributed by atoms with Crippen LogP contribution in [0.25, 0.3) is 0 Å². The van der Waals surface area contributed by atoms with E-state index in [-0.39, 0.29) is 6.10 Å². The van der Waals surface area contributed by atoms with Crippen LogP contribution in [0.2, 0.25) is 5.02 Å². The monoisotopic (exact) mass is 247 g/mol. The van der Waals surface area contributed by atoms with Gasteiger partial charge in [0.2, 0.25) is 0 Å². The van der Waals surface area contributed by atoms with E-state index in [1.54, 1.807) is 18.2 Å². The highest BCUT2D eigenvalue weighted by atomic mass is 35.5. The molecule has 1 saturated heterocycles. The van der Waals surface area contributed by atoms with E-state index >= 15 is 0 Å². The summed E-state index contributed by atoms with van der Waals surface area (Å²) >= 11 is 5.88. The van der Waals surface area contributed by atoms with Gasteiger partial charge in [0.25, 0.3) is 0 Å². The van der Waals surface area contributed by atoms with Gasteiger partial charge in [0.15, 0.2) is 0 Å². The lowest BCUT2D eigenvalue weighted by Gasteiger charge is -2.25. The third kappa shape index (κ3) is 2.80. The first kappa shape index (κ1) is 11.1. The Labute approximate surface area is 93.9 Å². The molecule has 3 N–H and O–H groups in total. The van der Waals surface area contributed by atoms with Crippen LogP contribution < -0.4 is 5.73 Å². The Kier molecular flexibility index (Phi) is 3.44. The SMILES string of the molecule is Nc1cc(Cl)cc([C@@H]2CCOP(O)O2)c1. The Morgan fingerprint density at radius 3 is 2.93 bits per heavy atom. The number of hydrogen-bond donors (Lipinski definition) is 2. The third-order valence-corrected chi connectivity index (χ3v) is 3.17. The van der Waals surface area contributed by atoms with Crippen molar-refractivity contribution >= 4 is 25.9 Å². The van der Waals surface area contributed by atoms with Crippen molar-refractivity contribution in [1.82, 2.24) is 0 Å². The Morgan fingerprint density at radius 1 is 1.47 bits per heavy atom. The summed E-state index contributed by atoms with van der Waals surface area (Å²) in [7, 11) is -1.76. The predicted octanol–water partition coefficient (Wildman–Crippen LogP) is 2.62. The molecule has 0 spiro atoms. The van der Waals surface area contributed by atoms with Crippen LogP contribution in [0.5, 0.6) is 0 Å². The minimum Gasteiger partial charge on any atom is -0.399 e. The lowest BCUT2D eigenvalue weighted by atomic mass is 10.1. The third-order valence-electron chi connectivity index (χ3n) is 2.11. The van der Waals surface area contributed by atoms with Crippen molar-refractivity contribution in [3.8, 4) is 0 Å². The molecule has 0 bridgehead atoms. The number of hydrogen-bond acceptors (Lipinski definition) is 4. The van der Waals surface area contributed by atoms with Gasteiger partial charge in [-0.1, -0.05) is 11.6 Å². The van der Waals surface area contributed by atoms with Gasteiger partial charge in [0.05, 0.1) is 12.7 Å². The van der Waals surface area contributed by atoms with E-state index in [9.17, 15) is 4.89 Å². The van der Waals surface area contributed by atoms with Gasteiger partial charge in [-0.15, -0.1) is 0 Å². The van der Waals surface area contributed by atoms with Crippen LogP contribution >= 0.6 is 20.2 Å². The first-order valence-corrected chi connectivity index (χ1v) is 6.00. The fourth-order valence-electron chi connectivity index (χ4n) is 1.48. The zero-order chi connectivity index (χ0) is 10.8. The average molecular weight is 248 g/mol. The topological polar surface area (TPSA) is 64.7 Å². The molecule has 0 radical (unpaired) electrons. The lowest BCUT2D eigenvalue weighted by molar-refractivity contribution is 0.0791. The minimum absolute atomic E-state index is 0.184. The minimum atomic E-state index is -1.76. The molecule has 1 aliphatic heterocycles. The molecule has 0 aliphatic carbocycles. The standard InChI is InChI=1S/C9H11ClNO3P/c10-7-3-6(4-8(11)5-7)9-1-2-13-15(12)14-9/h3-5,9,12H,1-2,11H2/t9-,15?/m0/s1. The largest absolute Gasteiger partial charge is 0.399 e. The van der Waals surface area contributed by atoms with E-state index < -0.39 is 8.60 Å². The number of anilines is 1. The molecule has 1 aromatic rings. The summed E-state index contributed by atoms with van der Waals surface area (Å²) in [6.07, 6.45) is 0.509. The summed E-state index contributed by atoms with van der Waals surface area (Å²) in [5.41, 5.74) is 7.14. The summed E-state index contributed by atoms with van der Waals surface area (Å²) < 4.78 is 10.2. The smallest absolute Gasteiger partial charge is 0.330 e. The Morgan fingerprint density at radius 2 is 2.27 bits per heavy atom. The summed E-state index contributed by atoms with van der Waals surface area (Å²) in [6, 6.07) is 5.26. The highest BCUT2D eigenvalue weighted by molar-refractivity contribution is 7.40. The lowest BCUT2D eigenvalue weighted by Crippen LogP contribution is -2.11. The van der Waals surface area contributed by atoms with Crippen molar-refractivity contribution < 1.29 is 13.9 Å². The number of benzene rings is 1. The van der Waals surface area contributed by atoms with Crippen molar-refractivity contribution in [1.29, 1.82) is 0 Å². The van der Waals surface area contributed by atoms with Gasteiger partial charge in [0, 0.05) is 17.1 Å².